The average molecular weight is 408 g/mol. The highest BCUT2D eigenvalue weighted by atomic mass is 32.2. The van der Waals surface area contributed by atoms with Crippen LogP contribution in [0.3, 0.4) is 0 Å². The zero-order valence-electron chi connectivity index (χ0n) is 15.1. The van der Waals surface area contributed by atoms with Gasteiger partial charge in [0, 0.05) is 11.3 Å². The lowest BCUT2D eigenvalue weighted by Gasteiger charge is -2.13. The zero-order chi connectivity index (χ0) is 20.1. The molecule has 0 unspecified atom stereocenters. The summed E-state index contributed by atoms with van der Waals surface area (Å²) in [6, 6.07) is 12.7. The molecule has 8 heteroatoms. The maximum absolute atomic E-state index is 12.7. The van der Waals surface area contributed by atoms with Crippen molar-refractivity contribution in [2.75, 3.05) is 7.11 Å². The lowest BCUT2D eigenvalue weighted by atomic mass is 10.1. The normalized spacial score (nSPS) is 11.6. The molecular weight excluding hydrogens is 389 g/mol. The Morgan fingerprint density at radius 2 is 1.82 bits per heavy atom. The van der Waals surface area contributed by atoms with Crippen molar-refractivity contribution in [3.63, 3.8) is 0 Å². The smallest absolute Gasteiger partial charge is 0.416 e. The summed E-state index contributed by atoms with van der Waals surface area (Å²) in [7, 11) is 1.60. The van der Waals surface area contributed by atoms with Crippen LogP contribution < -0.4 is 4.74 Å². The first-order valence-electron chi connectivity index (χ1n) is 8.48. The number of aromatic nitrogens is 2. The number of aliphatic hydroxyl groups excluding tert-OH is 1. The van der Waals surface area contributed by atoms with Gasteiger partial charge in [0.2, 0.25) is 0 Å². The van der Waals surface area contributed by atoms with Crippen molar-refractivity contribution in [1.82, 2.24) is 9.55 Å². The highest BCUT2D eigenvalue weighted by Crippen LogP contribution is 2.31. The number of alkyl halides is 3. The van der Waals surface area contributed by atoms with Crippen LogP contribution in [0, 0.1) is 0 Å². The first-order valence-corrected chi connectivity index (χ1v) is 9.47. The number of benzene rings is 2. The molecule has 148 valence electrons. The van der Waals surface area contributed by atoms with E-state index < -0.39 is 11.7 Å². The maximum Gasteiger partial charge on any atom is 0.416 e. The molecule has 1 heterocycles. The molecule has 2 aromatic carbocycles. The van der Waals surface area contributed by atoms with Gasteiger partial charge in [0.25, 0.3) is 0 Å². The minimum Gasteiger partial charge on any atom is -0.496 e. The van der Waals surface area contributed by atoms with Crippen LogP contribution in [0.4, 0.5) is 13.2 Å². The van der Waals surface area contributed by atoms with Gasteiger partial charge < -0.3 is 14.4 Å². The highest BCUT2D eigenvalue weighted by molar-refractivity contribution is 7.98. The summed E-state index contributed by atoms with van der Waals surface area (Å²) in [5, 5.41) is 10.3. The molecule has 0 aliphatic carbocycles. The van der Waals surface area contributed by atoms with Gasteiger partial charge >= 0.3 is 6.18 Å². The van der Waals surface area contributed by atoms with Gasteiger partial charge in [-0.05, 0) is 23.8 Å². The van der Waals surface area contributed by atoms with Crippen molar-refractivity contribution >= 4 is 11.8 Å². The predicted molar refractivity (Wildman–Crippen MR) is 101 cm³/mol. The summed E-state index contributed by atoms with van der Waals surface area (Å²) >= 11 is 1.40. The van der Waals surface area contributed by atoms with E-state index in [9.17, 15) is 18.3 Å². The Morgan fingerprint density at radius 1 is 1.11 bits per heavy atom. The number of hydrogen-bond acceptors (Lipinski definition) is 4. The van der Waals surface area contributed by atoms with Crippen molar-refractivity contribution in [2.45, 2.75) is 30.2 Å². The molecule has 0 bridgehead atoms. The summed E-state index contributed by atoms with van der Waals surface area (Å²) < 4.78 is 45.3. The lowest BCUT2D eigenvalue weighted by molar-refractivity contribution is -0.137. The molecule has 0 saturated carbocycles. The third-order valence-corrected chi connectivity index (χ3v) is 5.30. The third-order valence-electron chi connectivity index (χ3n) is 4.23. The monoisotopic (exact) mass is 408 g/mol. The molecule has 0 aliphatic rings. The molecule has 0 atom stereocenters. The summed E-state index contributed by atoms with van der Waals surface area (Å²) in [6.45, 7) is 0.304. The average Bonchev–Trinajstić information content (AvgIpc) is 3.08. The fourth-order valence-corrected chi connectivity index (χ4v) is 3.70. The molecule has 28 heavy (non-hydrogen) atoms. The molecular formula is C20H19F3N2O2S. The summed E-state index contributed by atoms with van der Waals surface area (Å²) in [5.74, 6) is 1.20. The third kappa shape index (κ3) is 4.69. The van der Waals surface area contributed by atoms with Crippen LogP contribution in [-0.4, -0.2) is 21.8 Å². The van der Waals surface area contributed by atoms with Gasteiger partial charge in [0.1, 0.15) is 5.75 Å². The predicted octanol–water partition coefficient (Wildman–Crippen LogP) is 4.74. The van der Waals surface area contributed by atoms with E-state index in [1.165, 1.54) is 23.9 Å². The van der Waals surface area contributed by atoms with Gasteiger partial charge in [0.15, 0.2) is 5.16 Å². The van der Waals surface area contributed by atoms with Crippen LogP contribution in [0.15, 0.2) is 59.9 Å². The Hall–Kier alpha value is -2.45. The number of aliphatic hydroxyl groups is 1. The van der Waals surface area contributed by atoms with E-state index in [0.29, 0.717) is 23.1 Å². The second-order valence-electron chi connectivity index (χ2n) is 6.07. The maximum atomic E-state index is 12.7. The molecule has 0 saturated heterocycles. The van der Waals surface area contributed by atoms with Crippen LogP contribution >= 0.6 is 11.8 Å². The Kier molecular flexibility index (Phi) is 6.31. The molecule has 0 aliphatic heterocycles. The Labute approximate surface area is 165 Å². The minimum atomic E-state index is -4.34. The fraction of sp³-hybridized carbons (Fsp3) is 0.250. The Morgan fingerprint density at radius 3 is 2.46 bits per heavy atom. The molecule has 3 aromatic rings. The van der Waals surface area contributed by atoms with Gasteiger partial charge in [-0.25, -0.2) is 4.98 Å². The van der Waals surface area contributed by atoms with Crippen LogP contribution in [0.5, 0.6) is 5.75 Å². The first kappa shape index (κ1) is 20.3. The van der Waals surface area contributed by atoms with Crippen molar-refractivity contribution in [1.29, 1.82) is 0 Å². The number of para-hydroxylation sites is 1. The van der Waals surface area contributed by atoms with Crippen LogP contribution in [0.2, 0.25) is 0 Å². The number of thioether (sulfide) groups is 1. The Bertz CT molecular complexity index is 924. The molecule has 0 radical (unpaired) electrons. The number of nitrogens with zero attached hydrogens (tertiary/aromatic N) is 2. The second-order valence-corrected chi connectivity index (χ2v) is 7.01. The van der Waals surface area contributed by atoms with Crippen molar-refractivity contribution in [3.05, 3.63) is 77.1 Å². The Balaban J connectivity index is 1.77. The molecule has 3 rings (SSSR count). The van der Waals surface area contributed by atoms with Gasteiger partial charge in [-0.1, -0.05) is 42.1 Å². The van der Waals surface area contributed by atoms with Crippen molar-refractivity contribution in [3.8, 4) is 5.75 Å². The molecule has 0 fully saturated rings. The number of ether oxygens (including phenoxy) is 1. The van der Waals surface area contributed by atoms with E-state index in [-0.39, 0.29) is 6.61 Å². The molecule has 0 amide bonds. The zero-order valence-corrected chi connectivity index (χ0v) is 15.9. The van der Waals surface area contributed by atoms with Crippen LogP contribution in [-0.2, 0) is 25.1 Å². The standard InChI is InChI=1S/C20H19F3N2O2S/c1-27-18-5-3-2-4-15(18)11-25-17(12-26)10-24-19(25)28-13-14-6-8-16(9-7-14)20(21,22)23/h2-10,26H,11-13H2,1H3. The van der Waals surface area contributed by atoms with Crippen molar-refractivity contribution < 1.29 is 23.0 Å². The molecule has 1 N–H and O–H groups in total. The van der Waals surface area contributed by atoms with E-state index in [0.717, 1.165) is 29.0 Å². The summed E-state index contributed by atoms with van der Waals surface area (Å²) in [4.78, 5) is 4.36. The summed E-state index contributed by atoms with van der Waals surface area (Å²) in [5.41, 5.74) is 1.69. The molecule has 4 nitrogen and oxygen atoms in total. The van der Waals surface area contributed by atoms with E-state index in [1.54, 1.807) is 13.3 Å². The lowest BCUT2D eigenvalue weighted by Crippen LogP contribution is -2.07. The molecule has 0 spiro atoms. The van der Waals surface area contributed by atoms with Gasteiger partial charge in [0.05, 0.1) is 37.7 Å². The fourth-order valence-electron chi connectivity index (χ4n) is 2.74. The van der Waals surface area contributed by atoms with Gasteiger partial charge in [-0.15, -0.1) is 0 Å². The van der Waals surface area contributed by atoms with E-state index in [4.69, 9.17) is 4.74 Å². The van der Waals surface area contributed by atoms with E-state index >= 15 is 0 Å². The number of hydrogen-bond donors (Lipinski definition) is 1. The van der Waals surface area contributed by atoms with E-state index in [1.807, 2.05) is 28.8 Å². The number of rotatable bonds is 7. The number of imidazole rings is 1. The second kappa shape index (κ2) is 8.70. The van der Waals surface area contributed by atoms with Gasteiger partial charge in [-0.2, -0.15) is 13.2 Å². The number of halogens is 3. The first-order chi connectivity index (χ1) is 13.4. The highest BCUT2D eigenvalue weighted by Gasteiger charge is 2.29. The van der Waals surface area contributed by atoms with Crippen LogP contribution in [0.1, 0.15) is 22.4 Å². The largest absolute Gasteiger partial charge is 0.496 e. The van der Waals surface area contributed by atoms with E-state index in [2.05, 4.69) is 4.98 Å². The van der Waals surface area contributed by atoms with Crippen molar-refractivity contribution in [2.24, 2.45) is 0 Å². The quantitative estimate of drug-likeness (QED) is 0.574. The minimum absolute atomic E-state index is 0.164. The SMILES string of the molecule is COc1ccccc1Cn1c(CO)cnc1SCc1ccc(C(F)(F)F)cc1. The molecule has 1 aromatic heterocycles. The topological polar surface area (TPSA) is 47.3 Å². The van der Waals surface area contributed by atoms with Gasteiger partial charge in [-0.3, -0.25) is 0 Å². The van der Waals surface area contributed by atoms with Crippen LogP contribution in [0.25, 0.3) is 0 Å². The number of methoxy groups -OCH3 is 1. The summed E-state index contributed by atoms with van der Waals surface area (Å²) in [6.07, 6.45) is -2.74.